The van der Waals surface area contributed by atoms with Crippen LogP contribution in [0.15, 0.2) is 87.3 Å². The van der Waals surface area contributed by atoms with E-state index in [0.29, 0.717) is 30.3 Å². The van der Waals surface area contributed by atoms with Crippen LogP contribution in [0.4, 0.5) is 0 Å². The molecule has 30 heavy (non-hydrogen) atoms. The second kappa shape index (κ2) is 10.3. The second-order valence-corrected chi connectivity index (χ2v) is 8.80. The van der Waals surface area contributed by atoms with Crippen LogP contribution in [-0.4, -0.2) is 21.2 Å². The molecule has 8 heteroatoms. The van der Waals surface area contributed by atoms with Crippen molar-refractivity contribution in [1.29, 1.82) is 0 Å². The lowest BCUT2D eigenvalue weighted by Crippen LogP contribution is -2.18. The van der Waals surface area contributed by atoms with E-state index in [1.54, 1.807) is 36.4 Å². The summed E-state index contributed by atoms with van der Waals surface area (Å²) in [5, 5.41) is 3.86. The van der Waals surface area contributed by atoms with Gasteiger partial charge in [0.1, 0.15) is 6.61 Å². The number of nitrogens with one attached hydrogen (secondary N) is 1. The van der Waals surface area contributed by atoms with E-state index >= 15 is 0 Å². The average Bonchev–Trinajstić information content (AvgIpc) is 2.75. The number of sulfonamides is 1. The molecule has 0 atom stereocenters. The highest BCUT2D eigenvalue weighted by Gasteiger charge is 2.11. The van der Waals surface area contributed by atoms with Gasteiger partial charge in [-0.05, 0) is 60.5 Å². The molecule has 3 rings (SSSR count). The van der Waals surface area contributed by atoms with Crippen molar-refractivity contribution >= 4 is 32.2 Å². The zero-order valence-electron chi connectivity index (χ0n) is 16.3. The van der Waals surface area contributed by atoms with Crippen molar-refractivity contribution in [2.75, 3.05) is 6.61 Å². The maximum atomic E-state index is 12.2. The first-order valence-electron chi connectivity index (χ1n) is 9.22. The molecule has 0 saturated carbocycles. The van der Waals surface area contributed by atoms with Crippen molar-refractivity contribution < 1.29 is 17.9 Å². The molecule has 0 bridgehead atoms. The first kappa shape index (κ1) is 21.9. The molecule has 0 spiro atoms. The summed E-state index contributed by atoms with van der Waals surface area (Å²) in [5.74, 6) is 1.16. The van der Waals surface area contributed by atoms with Gasteiger partial charge in [-0.2, -0.15) is 13.5 Å². The highest BCUT2D eigenvalue weighted by atomic mass is 79.9. The van der Waals surface area contributed by atoms with E-state index < -0.39 is 10.0 Å². The summed E-state index contributed by atoms with van der Waals surface area (Å²) in [5.41, 5.74) is 1.70. The standard InChI is InChI=1S/C22H21BrN2O4S/c1-2-28-22-14-18(15-24-25-30(26,27)20-6-4-3-5-7-20)10-13-21(22)29-16-17-8-11-19(23)12-9-17/h3-15,25H,2,16H2,1H3/b24-15+. The highest BCUT2D eigenvalue weighted by Crippen LogP contribution is 2.29. The summed E-state index contributed by atoms with van der Waals surface area (Å²) in [6.07, 6.45) is 1.42. The quantitative estimate of drug-likeness (QED) is 0.348. The van der Waals surface area contributed by atoms with Crippen molar-refractivity contribution in [3.8, 4) is 11.5 Å². The molecule has 6 nitrogen and oxygen atoms in total. The van der Waals surface area contributed by atoms with Gasteiger partial charge in [-0.3, -0.25) is 0 Å². The van der Waals surface area contributed by atoms with Gasteiger partial charge in [0.05, 0.1) is 17.7 Å². The van der Waals surface area contributed by atoms with Gasteiger partial charge in [-0.15, -0.1) is 0 Å². The van der Waals surface area contributed by atoms with Crippen molar-refractivity contribution in [2.45, 2.75) is 18.4 Å². The summed E-state index contributed by atoms with van der Waals surface area (Å²) in [6.45, 7) is 2.75. The molecule has 3 aromatic carbocycles. The Labute approximate surface area is 184 Å². The minimum atomic E-state index is -3.71. The van der Waals surface area contributed by atoms with E-state index in [9.17, 15) is 8.42 Å². The minimum Gasteiger partial charge on any atom is -0.490 e. The van der Waals surface area contributed by atoms with Crippen LogP contribution in [0.3, 0.4) is 0 Å². The Morgan fingerprint density at radius 3 is 2.40 bits per heavy atom. The van der Waals surface area contributed by atoms with Crippen LogP contribution >= 0.6 is 15.9 Å². The Hall–Kier alpha value is -2.84. The van der Waals surface area contributed by atoms with Crippen molar-refractivity contribution in [2.24, 2.45) is 5.10 Å². The predicted molar refractivity (Wildman–Crippen MR) is 120 cm³/mol. The monoisotopic (exact) mass is 488 g/mol. The molecule has 0 fully saturated rings. The largest absolute Gasteiger partial charge is 0.490 e. The third-order valence-corrected chi connectivity index (χ3v) is 5.78. The molecule has 1 N–H and O–H groups in total. The fourth-order valence-electron chi connectivity index (χ4n) is 2.56. The fraction of sp³-hybridized carbons (Fsp3) is 0.136. The number of nitrogens with zero attached hydrogens (tertiary/aromatic N) is 1. The normalized spacial score (nSPS) is 11.4. The summed E-state index contributed by atoms with van der Waals surface area (Å²) in [6, 6.07) is 21.2. The average molecular weight is 489 g/mol. The van der Waals surface area contributed by atoms with Crippen LogP contribution in [0.5, 0.6) is 11.5 Å². The predicted octanol–water partition coefficient (Wildman–Crippen LogP) is 4.74. The van der Waals surface area contributed by atoms with E-state index in [4.69, 9.17) is 9.47 Å². The lowest BCUT2D eigenvalue weighted by Gasteiger charge is -2.12. The minimum absolute atomic E-state index is 0.147. The van der Waals surface area contributed by atoms with Gasteiger partial charge in [-0.25, -0.2) is 4.83 Å². The molecule has 0 aliphatic heterocycles. The van der Waals surface area contributed by atoms with E-state index in [2.05, 4.69) is 25.9 Å². The van der Waals surface area contributed by atoms with Gasteiger partial charge in [0, 0.05) is 4.47 Å². The maximum absolute atomic E-state index is 12.2. The zero-order valence-corrected chi connectivity index (χ0v) is 18.7. The van der Waals surface area contributed by atoms with Crippen LogP contribution in [0.25, 0.3) is 0 Å². The van der Waals surface area contributed by atoms with Crippen LogP contribution < -0.4 is 14.3 Å². The number of halogens is 1. The molecule has 0 radical (unpaired) electrons. The molecular formula is C22H21BrN2O4S. The fourth-order valence-corrected chi connectivity index (χ4v) is 3.63. The highest BCUT2D eigenvalue weighted by molar-refractivity contribution is 9.10. The Bertz CT molecular complexity index is 1100. The summed E-state index contributed by atoms with van der Waals surface area (Å²) >= 11 is 3.41. The van der Waals surface area contributed by atoms with Crippen molar-refractivity contribution in [3.05, 3.63) is 88.4 Å². The molecule has 0 aliphatic carbocycles. The maximum Gasteiger partial charge on any atom is 0.276 e. The lowest BCUT2D eigenvalue weighted by molar-refractivity contribution is 0.269. The first-order chi connectivity index (χ1) is 14.5. The molecule has 3 aromatic rings. The molecule has 0 amide bonds. The lowest BCUT2D eigenvalue weighted by atomic mass is 10.2. The van der Waals surface area contributed by atoms with E-state index in [1.807, 2.05) is 31.2 Å². The van der Waals surface area contributed by atoms with E-state index in [1.165, 1.54) is 18.3 Å². The molecule has 0 heterocycles. The van der Waals surface area contributed by atoms with Crippen molar-refractivity contribution in [1.82, 2.24) is 4.83 Å². The third-order valence-electron chi connectivity index (χ3n) is 4.02. The van der Waals surface area contributed by atoms with Crippen LogP contribution in [0.2, 0.25) is 0 Å². The van der Waals surface area contributed by atoms with Gasteiger partial charge in [0.25, 0.3) is 10.0 Å². The number of hydrogen-bond donors (Lipinski definition) is 1. The summed E-state index contributed by atoms with van der Waals surface area (Å²) in [7, 11) is -3.71. The van der Waals surface area contributed by atoms with Gasteiger partial charge < -0.3 is 9.47 Å². The topological polar surface area (TPSA) is 77.0 Å². The van der Waals surface area contributed by atoms with E-state index in [-0.39, 0.29) is 4.90 Å². The Balaban J connectivity index is 1.69. The smallest absolute Gasteiger partial charge is 0.276 e. The number of benzene rings is 3. The summed E-state index contributed by atoms with van der Waals surface area (Å²) in [4.78, 5) is 2.35. The van der Waals surface area contributed by atoms with Crippen LogP contribution in [0, 0.1) is 0 Å². The molecule has 156 valence electrons. The number of ether oxygens (including phenoxy) is 2. The Kier molecular flexibility index (Phi) is 7.48. The van der Waals surface area contributed by atoms with Gasteiger partial charge in [0.2, 0.25) is 0 Å². The Morgan fingerprint density at radius 1 is 0.967 bits per heavy atom. The summed E-state index contributed by atoms with van der Waals surface area (Å²) < 4.78 is 37.0. The van der Waals surface area contributed by atoms with Crippen LogP contribution in [0.1, 0.15) is 18.1 Å². The first-order valence-corrected chi connectivity index (χ1v) is 11.5. The van der Waals surface area contributed by atoms with Gasteiger partial charge in [0.15, 0.2) is 11.5 Å². The molecule has 0 aromatic heterocycles. The number of hydrogen-bond acceptors (Lipinski definition) is 5. The molecular weight excluding hydrogens is 468 g/mol. The van der Waals surface area contributed by atoms with Gasteiger partial charge in [-0.1, -0.05) is 46.3 Å². The number of hydrazone groups is 1. The molecule has 0 saturated heterocycles. The van der Waals surface area contributed by atoms with Crippen molar-refractivity contribution in [3.63, 3.8) is 0 Å². The molecule has 0 aliphatic rings. The SMILES string of the molecule is CCOc1cc(/C=N/NS(=O)(=O)c2ccccc2)ccc1OCc1ccc(Br)cc1. The second-order valence-electron chi connectivity index (χ2n) is 6.22. The third kappa shape index (κ3) is 6.08. The van der Waals surface area contributed by atoms with Crippen LogP contribution in [-0.2, 0) is 16.6 Å². The number of rotatable bonds is 9. The zero-order chi connectivity index (χ0) is 21.4. The molecule has 0 unspecified atom stereocenters. The Morgan fingerprint density at radius 2 is 1.70 bits per heavy atom. The van der Waals surface area contributed by atoms with Gasteiger partial charge >= 0.3 is 0 Å². The van der Waals surface area contributed by atoms with E-state index in [0.717, 1.165) is 10.0 Å².